The van der Waals surface area contributed by atoms with E-state index in [1.807, 2.05) is 28.7 Å². The average molecular weight is 718 g/mol. The van der Waals surface area contributed by atoms with Crippen LogP contribution in [-0.2, 0) is 21.9 Å². The fourth-order valence-electron chi connectivity index (χ4n) is 6.23. The van der Waals surface area contributed by atoms with Crippen molar-refractivity contribution in [2.24, 2.45) is 17.8 Å². The molecule has 2 aromatic rings. The summed E-state index contributed by atoms with van der Waals surface area (Å²) in [5, 5.41) is 13.2. The summed E-state index contributed by atoms with van der Waals surface area (Å²) < 4.78 is 37.6. The monoisotopic (exact) mass is 717 g/mol. The van der Waals surface area contributed by atoms with E-state index in [1.54, 1.807) is 32.2 Å². The van der Waals surface area contributed by atoms with Crippen molar-refractivity contribution in [1.82, 2.24) is 15.2 Å². The SMILES string of the molecule is CCS(=O)(=O)c1ccc(C(C)(CO)NC(=O)c2cnc3c(c2)CN(C[C@H]2CC[C@H](C(F)(P)I)CC2)[C@@H]3C(C)C)cc1. The summed E-state index contributed by atoms with van der Waals surface area (Å²) in [6, 6.07) is 8.34. The van der Waals surface area contributed by atoms with E-state index in [-0.39, 0.29) is 35.1 Å². The van der Waals surface area contributed by atoms with Crippen molar-refractivity contribution >= 4 is 47.6 Å². The second-order valence-corrected chi connectivity index (χ2v) is 18.1. The summed E-state index contributed by atoms with van der Waals surface area (Å²) in [5.41, 5.74) is 1.95. The maximum Gasteiger partial charge on any atom is 0.253 e. The summed E-state index contributed by atoms with van der Waals surface area (Å²) >= 11 is 1.90. The molecule has 2 heterocycles. The summed E-state index contributed by atoms with van der Waals surface area (Å²) in [5.74, 6) is 0.578. The minimum atomic E-state index is -3.35. The molecule has 3 unspecified atom stereocenters. The van der Waals surface area contributed by atoms with Gasteiger partial charge in [-0.05, 0) is 96.4 Å². The summed E-state index contributed by atoms with van der Waals surface area (Å²) in [7, 11) is -0.995. The highest BCUT2D eigenvalue weighted by Crippen LogP contribution is 2.47. The third-order valence-electron chi connectivity index (χ3n) is 8.76. The number of aromatic nitrogens is 1. The molecular weight excluding hydrogens is 675 g/mol. The molecule has 4 rings (SSSR count). The van der Waals surface area contributed by atoms with E-state index in [0.717, 1.165) is 43.5 Å². The lowest BCUT2D eigenvalue weighted by Gasteiger charge is -2.36. The Morgan fingerprint density at radius 1 is 1.24 bits per heavy atom. The van der Waals surface area contributed by atoms with Crippen molar-refractivity contribution in [1.29, 1.82) is 0 Å². The molecule has 1 amide bonds. The molecule has 0 bridgehead atoms. The minimum Gasteiger partial charge on any atom is -0.394 e. The maximum absolute atomic E-state index is 14.4. The van der Waals surface area contributed by atoms with Crippen LogP contribution in [0, 0.1) is 17.8 Å². The van der Waals surface area contributed by atoms with Gasteiger partial charge in [-0.15, -0.1) is 0 Å². The molecule has 7 nitrogen and oxygen atoms in total. The number of carbonyl (C=O) groups excluding carboxylic acids is 1. The van der Waals surface area contributed by atoms with E-state index >= 15 is 0 Å². The number of hydrogen-bond acceptors (Lipinski definition) is 6. The number of nitrogens with one attached hydrogen (secondary N) is 1. The number of fused-ring (bicyclic) bond motifs is 1. The molecule has 1 saturated carbocycles. The normalized spacial score (nSPS) is 24.5. The molecule has 1 aromatic carbocycles. The highest BCUT2D eigenvalue weighted by atomic mass is 127. The fourth-order valence-corrected chi connectivity index (χ4v) is 8.07. The second-order valence-electron chi connectivity index (χ2n) is 12.2. The van der Waals surface area contributed by atoms with Gasteiger partial charge in [0.05, 0.1) is 40.1 Å². The molecule has 0 radical (unpaired) electrons. The van der Waals surface area contributed by atoms with E-state index < -0.39 is 18.8 Å². The van der Waals surface area contributed by atoms with Gasteiger partial charge in [-0.3, -0.25) is 14.7 Å². The van der Waals surface area contributed by atoms with E-state index in [9.17, 15) is 22.7 Å². The molecule has 1 fully saturated rings. The predicted molar refractivity (Wildman–Crippen MR) is 171 cm³/mol. The van der Waals surface area contributed by atoms with Crippen LogP contribution < -0.4 is 5.32 Å². The van der Waals surface area contributed by atoms with Gasteiger partial charge in [0.25, 0.3) is 5.91 Å². The van der Waals surface area contributed by atoms with E-state index in [0.29, 0.717) is 29.5 Å². The Balaban J connectivity index is 1.48. The van der Waals surface area contributed by atoms with Crippen LogP contribution in [0.2, 0.25) is 0 Å². The Labute approximate surface area is 259 Å². The van der Waals surface area contributed by atoms with E-state index in [2.05, 4.69) is 33.3 Å². The van der Waals surface area contributed by atoms with Crippen LogP contribution in [0.3, 0.4) is 0 Å². The molecule has 0 saturated heterocycles. The number of sulfone groups is 1. The lowest BCUT2D eigenvalue weighted by atomic mass is 9.82. The molecule has 2 N–H and O–H groups in total. The van der Waals surface area contributed by atoms with Crippen LogP contribution in [0.1, 0.15) is 86.6 Å². The highest BCUT2D eigenvalue weighted by molar-refractivity contribution is 14.1. The van der Waals surface area contributed by atoms with Gasteiger partial charge in [0, 0.05) is 25.2 Å². The first kappa shape index (κ1) is 32.7. The summed E-state index contributed by atoms with van der Waals surface area (Å²) in [6.07, 6.45) is 5.41. The fraction of sp³-hybridized carbons (Fsp3) is 0.600. The number of rotatable bonds is 10. The van der Waals surface area contributed by atoms with Crippen LogP contribution in [-0.4, -0.2) is 51.6 Å². The van der Waals surface area contributed by atoms with Crippen molar-refractivity contribution in [3.8, 4) is 0 Å². The van der Waals surface area contributed by atoms with Crippen molar-refractivity contribution in [3.63, 3.8) is 0 Å². The zero-order chi connectivity index (χ0) is 30.2. The van der Waals surface area contributed by atoms with E-state index in [1.165, 1.54) is 12.1 Å². The highest BCUT2D eigenvalue weighted by Gasteiger charge is 2.39. The topological polar surface area (TPSA) is 99.6 Å². The number of hydrogen-bond donors (Lipinski definition) is 2. The third kappa shape index (κ3) is 7.31. The lowest BCUT2D eigenvalue weighted by Crippen LogP contribution is -2.46. The van der Waals surface area contributed by atoms with Crippen molar-refractivity contribution in [2.75, 3.05) is 18.9 Å². The lowest BCUT2D eigenvalue weighted by molar-refractivity contribution is 0.0849. The van der Waals surface area contributed by atoms with Gasteiger partial charge in [-0.1, -0.05) is 42.1 Å². The number of benzene rings is 1. The molecule has 2 aliphatic rings. The average Bonchev–Trinajstić information content (AvgIpc) is 3.30. The number of aliphatic hydroxyl groups excluding tert-OH is 1. The van der Waals surface area contributed by atoms with Crippen molar-refractivity contribution in [2.45, 2.75) is 79.8 Å². The van der Waals surface area contributed by atoms with Crippen LogP contribution in [0.5, 0.6) is 0 Å². The zero-order valence-corrected chi connectivity index (χ0v) is 28.4. The van der Waals surface area contributed by atoms with Gasteiger partial charge < -0.3 is 10.4 Å². The first-order valence-corrected chi connectivity index (χ1v) is 17.7. The maximum atomic E-state index is 14.4. The summed E-state index contributed by atoms with van der Waals surface area (Å²) in [4.78, 5) is 20.8. The number of halogens is 2. The van der Waals surface area contributed by atoms with Gasteiger partial charge in [0.2, 0.25) is 0 Å². The third-order valence-corrected chi connectivity index (χ3v) is 11.9. The zero-order valence-electron chi connectivity index (χ0n) is 24.2. The number of aliphatic hydroxyl groups is 1. The first-order valence-electron chi connectivity index (χ1n) is 14.3. The van der Waals surface area contributed by atoms with Crippen LogP contribution in [0.15, 0.2) is 41.4 Å². The Kier molecular flexibility index (Phi) is 10.2. The number of nitrogens with zero attached hydrogens (tertiary/aromatic N) is 2. The smallest absolute Gasteiger partial charge is 0.253 e. The molecule has 226 valence electrons. The number of amides is 1. The minimum absolute atomic E-state index is 0.00164. The number of alkyl halides is 2. The van der Waals surface area contributed by atoms with Gasteiger partial charge >= 0.3 is 0 Å². The second kappa shape index (κ2) is 12.8. The van der Waals surface area contributed by atoms with Gasteiger partial charge in [-0.25, -0.2) is 12.8 Å². The van der Waals surface area contributed by atoms with E-state index in [4.69, 9.17) is 4.98 Å². The largest absolute Gasteiger partial charge is 0.394 e. The number of pyridine rings is 1. The van der Waals surface area contributed by atoms with Crippen molar-refractivity contribution < 1.29 is 22.7 Å². The summed E-state index contributed by atoms with van der Waals surface area (Å²) in [6.45, 7) is 8.96. The first-order chi connectivity index (χ1) is 19.2. The molecule has 1 aliphatic carbocycles. The molecule has 1 aromatic heterocycles. The van der Waals surface area contributed by atoms with Gasteiger partial charge in [-0.2, -0.15) is 0 Å². The quantitative estimate of drug-likeness (QED) is 0.184. The Bertz CT molecular complexity index is 1340. The molecule has 1 aliphatic heterocycles. The Hall–Kier alpha value is -1.20. The standard InChI is InChI=1S/C30H42FIN3O4PS/c1-5-41(38,39)25-12-10-23(11-13-25)29(4,18-36)34-28(37)21-14-22-17-35(27(19(2)3)26(22)33-15-21)16-20-6-8-24(9-7-20)30(31,32)40/h10-15,19-20,24,27,36H,5-9,16-18,40H2,1-4H3,(H,34,37)/t20-,24-,27-,29?,30?/m1/s1. The molecule has 11 heteroatoms. The van der Waals surface area contributed by atoms with Gasteiger partial charge in [0.1, 0.15) is 0 Å². The Morgan fingerprint density at radius 2 is 1.88 bits per heavy atom. The molecule has 4 atom stereocenters. The molecular formula is C30H42FIN3O4PS. The number of carbonyl (C=O) groups is 1. The van der Waals surface area contributed by atoms with Crippen LogP contribution >= 0.6 is 31.8 Å². The molecule has 41 heavy (non-hydrogen) atoms. The predicted octanol–water partition coefficient (Wildman–Crippen LogP) is 5.77. The van der Waals surface area contributed by atoms with Gasteiger partial charge in [0.15, 0.2) is 13.3 Å². The van der Waals surface area contributed by atoms with Crippen LogP contribution in [0.4, 0.5) is 4.39 Å². The Morgan fingerprint density at radius 3 is 2.41 bits per heavy atom. The van der Waals surface area contributed by atoms with Crippen LogP contribution in [0.25, 0.3) is 0 Å². The van der Waals surface area contributed by atoms with Crippen molar-refractivity contribution in [3.05, 3.63) is 58.9 Å². The molecule has 0 spiro atoms.